The summed E-state index contributed by atoms with van der Waals surface area (Å²) in [5.41, 5.74) is 0. The molecule has 0 heterocycles. The number of carbonyl (C=O) groups is 1. The molecule has 3 heteroatoms. The Balaban J connectivity index is -0.000000143. The molecule has 0 radical (unpaired) electrons. The summed E-state index contributed by atoms with van der Waals surface area (Å²) in [6.45, 7) is 6.30. The Hall–Kier alpha value is 1.04. The molecule has 0 atom stereocenters. The number of hydrogen-bond acceptors (Lipinski definition) is 1. The zero-order valence-electron chi connectivity index (χ0n) is 8.60. The van der Waals surface area contributed by atoms with Crippen molar-refractivity contribution >= 4 is 54.9 Å². The number of aliphatic carboxylic acids is 1. The van der Waals surface area contributed by atoms with Crippen LogP contribution in [0, 0.1) is 0 Å². The average Bonchev–Trinajstić information content (AvgIpc) is 2.02. The molecule has 0 amide bonds. The number of carboxylic acids is 1. The molecule has 78 valence electrons. The van der Waals surface area contributed by atoms with E-state index in [9.17, 15) is 4.79 Å². The topological polar surface area (TPSA) is 37.3 Å². The molecular weight excluding hydrogens is 289 g/mol. The van der Waals surface area contributed by atoms with Crippen LogP contribution in [0.1, 0.15) is 59.3 Å². The molecule has 2 nitrogen and oxygen atoms in total. The Morgan fingerprint density at radius 3 is 1.46 bits per heavy atom. The number of hydrogen-bond donors (Lipinski definition) is 1. The molecule has 0 unspecified atom stereocenters. The molecule has 0 aliphatic carbocycles. The third-order valence-corrected chi connectivity index (χ3v) is 1.42. The normalized spacial score (nSPS) is 7.92. The fraction of sp³-hybridized carbons (Fsp3) is 0.900. The molecule has 0 saturated heterocycles. The van der Waals surface area contributed by atoms with Gasteiger partial charge in [0.15, 0.2) is 0 Å². The molecule has 0 fully saturated rings. The quantitative estimate of drug-likeness (QED) is 0.625. The van der Waals surface area contributed by atoms with Crippen molar-refractivity contribution < 1.29 is 9.90 Å². The second-order valence-electron chi connectivity index (χ2n) is 2.85. The Kier molecular flexibility index (Phi) is 28.3. The summed E-state index contributed by atoms with van der Waals surface area (Å²) in [7, 11) is 0. The van der Waals surface area contributed by atoms with E-state index >= 15 is 0 Å². The van der Waals surface area contributed by atoms with Crippen LogP contribution in [0.2, 0.25) is 0 Å². The van der Waals surface area contributed by atoms with Crippen LogP contribution in [-0.2, 0) is 4.79 Å². The van der Waals surface area contributed by atoms with Gasteiger partial charge in [0.2, 0.25) is 0 Å². The van der Waals surface area contributed by atoms with Crippen molar-refractivity contribution in [3.8, 4) is 0 Å². The summed E-state index contributed by atoms with van der Waals surface area (Å²) in [5, 5.41) is 7.91. The molecule has 0 rings (SSSR count). The van der Waals surface area contributed by atoms with E-state index in [0.717, 1.165) is 6.42 Å². The first kappa shape index (κ1) is 19.6. The zero-order chi connectivity index (χ0) is 9.82. The van der Waals surface area contributed by atoms with Crippen molar-refractivity contribution in [1.29, 1.82) is 0 Å². The Morgan fingerprint density at radius 1 is 1.00 bits per heavy atom. The van der Waals surface area contributed by atoms with Gasteiger partial charge in [-0.2, -0.15) is 0 Å². The van der Waals surface area contributed by atoms with Crippen LogP contribution in [0.25, 0.3) is 0 Å². The van der Waals surface area contributed by atoms with Gasteiger partial charge >= 0.3 is 54.9 Å². The molecule has 0 bridgehead atoms. The first-order valence-electron chi connectivity index (χ1n) is 4.90. The van der Waals surface area contributed by atoms with E-state index in [1.54, 1.807) is 0 Å². The van der Waals surface area contributed by atoms with Gasteiger partial charge in [-0.25, -0.2) is 0 Å². The van der Waals surface area contributed by atoms with Crippen LogP contribution in [0.4, 0.5) is 0 Å². The van der Waals surface area contributed by atoms with Crippen molar-refractivity contribution in [1.82, 2.24) is 0 Å². The van der Waals surface area contributed by atoms with Gasteiger partial charge in [0.25, 0.3) is 0 Å². The molecule has 0 aromatic heterocycles. The third-order valence-electron chi connectivity index (χ3n) is 1.42. The molecule has 0 spiro atoms. The summed E-state index contributed by atoms with van der Waals surface area (Å²) < 4.78 is 0. The maximum absolute atomic E-state index is 9.60. The summed E-state index contributed by atoms with van der Waals surface area (Å²) in [6, 6.07) is 0. The van der Waals surface area contributed by atoms with Gasteiger partial charge in [-0.1, -0.05) is 46.5 Å². The third kappa shape index (κ3) is 32.1. The van der Waals surface area contributed by atoms with Gasteiger partial charge in [-0.15, -0.1) is 0 Å². The van der Waals surface area contributed by atoms with E-state index in [0.29, 0.717) is 6.42 Å². The van der Waals surface area contributed by atoms with Crippen LogP contribution in [0.5, 0.6) is 0 Å². The van der Waals surface area contributed by atoms with Crippen molar-refractivity contribution in [2.75, 3.05) is 0 Å². The van der Waals surface area contributed by atoms with Crippen molar-refractivity contribution in [2.24, 2.45) is 0 Å². The van der Waals surface area contributed by atoms with Crippen molar-refractivity contribution in [3.05, 3.63) is 0 Å². The molecule has 0 aromatic rings. The number of carboxylic acid groups (broad SMARTS) is 1. The van der Waals surface area contributed by atoms with E-state index in [1.165, 1.54) is 25.7 Å². The van der Waals surface area contributed by atoms with Gasteiger partial charge in [0.05, 0.1) is 0 Å². The predicted molar refractivity (Wildman–Crippen MR) is 60.9 cm³/mol. The Bertz CT molecular complexity index is 90.9. The minimum atomic E-state index is -0.711. The van der Waals surface area contributed by atoms with Gasteiger partial charge < -0.3 is 5.11 Å². The molecule has 0 saturated carbocycles. The molecule has 0 aliphatic rings. The Labute approximate surface area is 123 Å². The SMILES string of the molecule is CCCC(=O)O.CCCCCC.[BaH2]. The van der Waals surface area contributed by atoms with Gasteiger partial charge in [0, 0.05) is 6.42 Å². The van der Waals surface area contributed by atoms with E-state index in [1.807, 2.05) is 6.92 Å². The number of unbranched alkanes of at least 4 members (excludes halogenated alkanes) is 3. The van der Waals surface area contributed by atoms with Crippen molar-refractivity contribution in [2.45, 2.75) is 59.3 Å². The summed E-state index contributed by atoms with van der Waals surface area (Å²) in [6.07, 6.45) is 6.56. The second kappa shape index (κ2) is 18.8. The molecule has 13 heavy (non-hydrogen) atoms. The summed E-state index contributed by atoms with van der Waals surface area (Å²) >= 11 is 0. The van der Waals surface area contributed by atoms with Gasteiger partial charge in [-0.05, 0) is 6.42 Å². The fourth-order valence-corrected chi connectivity index (χ4v) is 0.714. The second-order valence-corrected chi connectivity index (χ2v) is 2.85. The first-order valence-corrected chi connectivity index (χ1v) is 4.90. The first-order chi connectivity index (χ1) is 5.68. The van der Waals surface area contributed by atoms with Crippen LogP contribution in [-0.4, -0.2) is 60.0 Å². The van der Waals surface area contributed by atoms with Crippen LogP contribution < -0.4 is 0 Å². The van der Waals surface area contributed by atoms with Crippen LogP contribution >= 0.6 is 0 Å². The summed E-state index contributed by atoms with van der Waals surface area (Å²) in [5.74, 6) is -0.711. The van der Waals surface area contributed by atoms with E-state index < -0.39 is 5.97 Å². The zero-order valence-corrected chi connectivity index (χ0v) is 8.60. The molecule has 0 aromatic carbocycles. The predicted octanol–water partition coefficient (Wildman–Crippen LogP) is 2.54. The molecule has 1 N–H and O–H groups in total. The monoisotopic (exact) mass is 314 g/mol. The summed E-state index contributed by atoms with van der Waals surface area (Å²) in [4.78, 5) is 9.60. The molecule has 0 aliphatic heterocycles. The van der Waals surface area contributed by atoms with Crippen LogP contribution in [0.15, 0.2) is 0 Å². The minimum absolute atomic E-state index is 0. The van der Waals surface area contributed by atoms with Gasteiger partial charge in [0.1, 0.15) is 0 Å². The van der Waals surface area contributed by atoms with E-state index in [2.05, 4.69) is 13.8 Å². The van der Waals surface area contributed by atoms with Crippen molar-refractivity contribution in [3.63, 3.8) is 0 Å². The molecular formula is C10H24BaO2. The number of rotatable bonds is 5. The Morgan fingerprint density at radius 2 is 1.38 bits per heavy atom. The van der Waals surface area contributed by atoms with E-state index in [4.69, 9.17) is 5.11 Å². The van der Waals surface area contributed by atoms with Gasteiger partial charge in [-0.3, -0.25) is 4.79 Å². The van der Waals surface area contributed by atoms with Crippen LogP contribution in [0.3, 0.4) is 0 Å². The standard InChI is InChI=1S/C6H14.C4H8O2.Ba.2H/c1-3-5-6-4-2;1-2-3-4(5)6;;;/h3-6H2,1-2H3;2-3H2,1H3,(H,5,6);;;. The average molecular weight is 314 g/mol. The maximum atomic E-state index is 9.60. The van der Waals surface area contributed by atoms with E-state index in [-0.39, 0.29) is 48.9 Å². The fourth-order valence-electron chi connectivity index (χ4n) is 0.714.